The summed E-state index contributed by atoms with van der Waals surface area (Å²) in [4.78, 5) is 25.8. The van der Waals surface area contributed by atoms with Crippen LogP contribution in [0, 0.1) is 0 Å². The molecule has 2 heterocycles. The molecule has 3 aromatic rings. The maximum Gasteiger partial charge on any atom is 0.312 e. The third kappa shape index (κ3) is 3.90. The number of ether oxygens (including phenoxy) is 6. The van der Waals surface area contributed by atoms with Gasteiger partial charge in [0.2, 0.25) is 5.78 Å². The zero-order valence-electron chi connectivity index (χ0n) is 20.2. The highest BCUT2D eigenvalue weighted by Gasteiger charge is 2.39. The van der Waals surface area contributed by atoms with Gasteiger partial charge < -0.3 is 28.4 Å². The van der Waals surface area contributed by atoms with Crippen molar-refractivity contribution in [3.05, 3.63) is 76.5 Å². The molecule has 0 radical (unpaired) electrons. The van der Waals surface area contributed by atoms with Gasteiger partial charge in [-0.05, 0) is 42.0 Å². The van der Waals surface area contributed by atoms with Crippen LogP contribution in [0.3, 0.4) is 0 Å². The molecule has 0 aliphatic carbocycles. The summed E-state index contributed by atoms with van der Waals surface area (Å²) < 4.78 is 33.4. The van der Waals surface area contributed by atoms with Crippen molar-refractivity contribution in [2.24, 2.45) is 0 Å². The lowest BCUT2D eigenvalue weighted by atomic mass is 9.84. The van der Waals surface area contributed by atoms with Gasteiger partial charge in [-0.15, -0.1) is 0 Å². The minimum absolute atomic E-state index is 0.0321. The summed E-state index contributed by atoms with van der Waals surface area (Å²) in [5, 5.41) is 0. The van der Waals surface area contributed by atoms with Crippen LogP contribution in [0.15, 0.2) is 54.3 Å². The van der Waals surface area contributed by atoms with E-state index < -0.39 is 11.9 Å². The molecule has 0 amide bonds. The van der Waals surface area contributed by atoms with Gasteiger partial charge in [0.25, 0.3) is 0 Å². The fourth-order valence-corrected chi connectivity index (χ4v) is 4.55. The standard InChI is InChI=1S/C28H24O8/c1-31-16-7-5-15(6-8-16)11-24-27(30)17-9-10-20-26(28(17)36-24)19(13-25(29)35-20)18-12-22(33-3)23(34-4)14-21(18)32-2/h5-12,14,19H,13H2,1-4H3. The molecular formula is C28H24O8. The molecule has 0 aromatic heterocycles. The summed E-state index contributed by atoms with van der Waals surface area (Å²) in [7, 11) is 6.20. The molecule has 184 valence electrons. The third-order valence-electron chi connectivity index (χ3n) is 6.30. The van der Waals surface area contributed by atoms with Gasteiger partial charge in [0.15, 0.2) is 17.3 Å². The van der Waals surface area contributed by atoms with Gasteiger partial charge >= 0.3 is 5.97 Å². The number of benzene rings is 3. The Morgan fingerprint density at radius 3 is 2.17 bits per heavy atom. The predicted octanol–water partition coefficient (Wildman–Crippen LogP) is 4.78. The number of carbonyl (C=O) groups is 2. The van der Waals surface area contributed by atoms with Crippen LogP contribution in [0.4, 0.5) is 0 Å². The average Bonchev–Trinajstić information content (AvgIpc) is 3.22. The number of fused-ring (bicyclic) bond motifs is 3. The number of Topliss-reactive ketones (excluding diaryl/α,β-unsaturated/α-hetero) is 1. The second-order valence-corrected chi connectivity index (χ2v) is 8.25. The molecule has 0 fully saturated rings. The van der Waals surface area contributed by atoms with Crippen molar-refractivity contribution in [1.29, 1.82) is 0 Å². The van der Waals surface area contributed by atoms with Gasteiger partial charge in [-0.1, -0.05) is 12.1 Å². The van der Waals surface area contributed by atoms with Crippen molar-refractivity contribution in [2.45, 2.75) is 12.3 Å². The minimum Gasteiger partial charge on any atom is -0.497 e. The first-order chi connectivity index (χ1) is 17.5. The molecule has 0 bridgehead atoms. The average molecular weight is 488 g/mol. The number of ketones is 1. The lowest BCUT2D eigenvalue weighted by molar-refractivity contribution is -0.135. The van der Waals surface area contributed by atoms with Crippen LogP contribution in [-0.2, 0) is 4.79 Å². The van der Waals surface area contributed by atoms with E-state index in [0.717, 1.165) is 5.56 Å². The SMILES string of the molecule is COc1ccc(C=C2Oc3c(ccc4c3C(c3cc(OC)c(OC)cc3OC)CC(=O)O4)C2=O)cc1. The van der Waals surface area contributed by atoms with E-state index in [1.165, 1.54) is 21.3 Å². The zero-order valence-corrected chi connectivity index (χ0v) is 20.2. The molecular weight excluding hydrogens is 464 g/mol. The second kappa shape index (κ2) is 9.30. The lowest BCUT2D eigenvalue weighted by Crippen LogP contribution is -2.22. The van der Waals surface area contributed by atoms with Crippen LogP contribution in [0.1, 0.15) is 39.4 Å². The first-order valence-corrected chi connectivity index (χ1v) is 11.2. The fraction of sp³-hybridized carbons (Fsp3) is 0.214. The highest BCUT2D eigenvalue weighted by molar-refractivity contribution is 6.15. The monoisotopic (exact) mass is 488 g/mol. The Morgan fingerprint density at radius 1 is 0.806 bits per heavy atom. The minimum atomic E-state index is -0.501. The fourth-order valence-electron chi connectivity index (χ4n) is 4.55. The van der Waals surface area contributed by atoms with Crippen molar-refractivity contribution in [1.82, 2.24) is 0 Å². The van der Waals surface area contributed by atoms with Crippen LogP contribution < -0.4 is 28.4 Å². The number of hydrogen-bond donors (Lipinski definition) is 0. The van der Waals surface area contributed by atoms with Crippen molar-refractivity contribution >= 4 is 17.8 Å². The number of rotatable bonds is 6. The van der Waals surface area contributed by atoms with Gasteiger partial charge in [0, 0.05) is 23.1 Å². The quantitative estimate of drug-likeness (QED) is 0.278. The predicted molar refractivity (Wildman–Crippen MR) is 131 cm³/mol. The van der Waals surface area contributed by atoms with Gasteiger partial charge in [-0.2, -0.15) is 0 Å². The number of carbonyl (C=O) groups excluding carboxylic acids is 2. The molecule has 1 atom stereocenters. The van der Waals surface area contributed by atoms with Crippen LogP contribution in [0.25, 0.3) is 6.08 Å². The van der Waals surface area contributed by atoms with Crippen LogP contribution in [0.2, 0.25) is 0 Å². The number of hydrogen-bond acceptors (Lipinski definition) is 8. The van der Waals surface area contributed by atoms with E-state index in [4.69, 9.17) is 28.4 Å². The Bertz CT molecular complexity index is 1390. The lowest BCUT2D eigenvalue weighted by Gasteiger charge is -2.28. The summed E-state index contributed by atoms with van der Waals surface area (Å²) >= 11 is 0. The maximum atomic E-state index is 13.2. The van der Waals surface area contributed by atoms with Gasteiger partial charge in [0.1, 0.15) is 23.0 Å². The highest BCUT2D eigenvalue weighted by Crippen LogP contribution is 2.51. The summed E-state index contributed by atoms with van der Waals surface area (Å²) in [5.41, 5.74) is 2.47. The Kier molecular flexibility index (Phi) is 6.01. The van der Waals surface area contributed by atoms with E-state index in [0.29, 0.717) is 51.2 Å². The van der Waals surface area contributed by atoms with E-state index in [9.17, 15) is 9.59 Å². The summed E-state index contributed by atoms with van der Waals surface area (Å²) in [6.07, 6.45) is 1.71. The summed E-state index contributed by atoms with van der Waals surface area (Å²) in [5.74, 6) is 1.93. The molecule has 8 heteroatoms. The van der Waals surface area contributed by atoms with Crippen molar-refractivity contribution < 1.29 is 38.0 Å². The maximum absolute atomic E-state index is 13.2. The normalized spacial score (nSPS) is 17.1. The first-order valence-electron chi connectivity index (χ1n) is 11.2. The molecule has 0 saturated carbocycles. The van der Waals surface area contributed by atoms with Crippen LogP contribution in [0.5, 0.6) is 34.5 Å². The number of allylic oxidation sites excluding steroid dienone is 1. The van der Waals surface area contributed by atoms with Crippen molar-refractivity contribution in [3.8, 4) is 34.5 Å². The topological polar surface area (TPSA) is 89.5 Å². The third-order valence-corrected chi connectivity index (χ3v) is 6.30. The van der Waals surface area contributed by atoms with E-state index in [-0.39, 0.29) is 18.0 Å². The van der Waals surface area contributed by atoms with Gasteiger partial charge in [-0.3, -0.25) is 9.59 Å². The van der Waals surface area contributed by atoms with Crippen molar-refractivity contribution in [3.63, 3.8) is 0 Å². The second-order valence-electron chi connectivity index (χ2n) is 8.25. The molecule has 2 aliphatic rings. The Labute approximate surface area is 207 Å². The smallest absolute Gasteiger partial charge is 0.312 e. The molecule has 0 saturated heterocycles. The van der Waals surface area contributed by atoms with E-state index in [1.54, 1.807) is 49.6 Å². The molecule has 3 aromatic carbocycles. The van der Waals surface area contributed by atoms with Gasteiger partial charge in [-0.25, -0.2) is 0 Å². The number of methoxy groups -OCH3 is 4. The molecule has 8 nitrogen and oxygen atoms in total. The van der Waals surface area contributed by atoms with Crippen LogP contribution in [-0.4, -0.2) is 40.2 Å². The molecule has 5 rings (SSSR count). The largest absolute Gasteiger partial charge is 0.497 e. The Hall–Kier alpha value is -4.46. The Balaban J connectivity index is 1.62. The molecule has 0 N–H and O–H groups in total. The van der Waals surface area contributed by atoms with E-state index >= 15 is 0 Å². The zero-order chi connectivity index (χ0) is 25.4. The molecule has 36 heavy (non-hydrogen) atoms. The summed E-state index contributed by atoms with van der Waals surface area (Å²) in [6.45, 7) is 0. The van der Waals surface area contributed by atoms with Crippen LogP contribution >= 0.6 is 0 Å². The first kappa shape index (κ1) is 23.3. The summed E-state index contributed by atoms with van der Waals surface area (Å²) in [6, 6.07) is 14.0. The van der Waals surface area contributed by atoms with E-state index in [2.05, 4.69) is 0 Å². The highest BCUT2D eigenvalue weighted by atomic mass is 16.5. The molecule has 0 spiro atoms. The molecule has 1 unspecified atom stereocenters. The van der Waals surface area contributed by atoms with Crippen molar-refractivity contribution in [2.75, 3.05) is 28.4 Å². The van der Waals surface area contributed by atoms with Gasteiger partial charge in [0.05, 0.1) is 40.4 Å². The van der Waals surface area contributed by atoms with E-state index in [1.807, 2.05) is 12.1 Å². The Morgan fingerprint density at radius 2 is 1.50 bits per heavy atom. The molecule has 2 aliphatic heterocycles. The number of esters is 1.